The maximum absolute atomic E-state index is 12.2. The lowest BCUT2D eigenvalue weighted by atomic mass is 10.2. The number of hydrogen-bond donors (Lipinski definition) is 2. The second-order valence-corrected chi connectivity index (χ2v) is 5.07. The highest BCUT2D eigenvalue weighted by Gasteiger charge is 2.17. The summed E-state index contributed by atoms with van der Waals surface area (Å²) in [6.07, 6.45) is 4.45. The predicted octanol–water partition coefficient (Wildman–Crippen LogP) is 1.56. The van der Waals surface area contributed by atoms with Crippen molar-refractivity contribution < 1.29 is 14.7 Å². The molecule has 0 aliphatic carbocycles. The van der Waals surface area contributed by atoms with Gasteiger partial charge in [-0.1, -0.05) is 30.1 Å². The molecule has 0 unspecified atom stereocenters. The molecule has 114 valence electrons. The summed E-state index contributed by atoms with van der Waals surface area (Å²) in [5.74, 6) is 0.384. The number of oxime groups is 1. The number of nitrogens with zero attached hydrogens (tertiary/aromatic N) is 2. The van der Waals surface area contributed by atoms with Crippen molar-refractivity contribution in [3.8, 4) is 5.75 Å². The van der Waals surface area contributed by atoms with E-state index in [1.54, 1.807) is 24.3 Å². The van der Waals surface area contributed by atoms with Crippen molar-refractivity contribution >= 4 is 11.7 Å². The van der Waals surface area contributed by atoms with E-state index in [-0.39, 0.29) is 18.3 Å². The number of ether oxygens (including phenoxy) is 1. The number of carbonyl (C=O) groups excluding carboxylic acids is 1. The number of amides is 1. The van der Waals surface area contributed by atoms with Crippen LogP contribution in [-0.2, 0) is 4.79 Å². The topological polar surface area (TPSA) is 88.1 Å². The SMILES string of the molecule is N/C(=N\O)c1ccccc1OCC(=O)N1CCCCCC1. The molecular formula is C15H21N3O3. The minimum absolute atomic E-state index is 0.0220. The Labute approximate surface area is 124 Å². The first-order valence-corrected chi connectivity index (χ1v) is 7.20. The number of para-hydroxylation sites is 1. The summed E-state index contributed by atoms with van der Waals surface area (Å²) in [4.78, 5) is 14.0. The molecule has 2 rings (SSSR count). The predicted molar refractivity (Wildman–Crippen MR) is 79.5 cm³/mol. The van der Waals surface area contributed by atoms with E-state index < -0.39 is 0 Å². The van der Waals surface area contributed by atoms with Crippen molar-refractivity contribution in [1.29, 1.82) is 0 Å². The average molecular weight is 291 g/mol. The lowest BCUT2D eigenvalue weighted by Crippen LogP contribution is -2.35. The Morgan fingerprint density at radius 3 is 2.57 bits per heavy atom. The van der Waals surface area contributed by atoms with Gasteiger partial charge in [-0.05, 0) is 25.0 Å². The van der Waals surface area contributed by atoms with E-state index in [0.717, 1.165) is 25.9 Å². The summed E-state index contributed by atoms with van der Waals surface area (Å²) in [5, 5.41) is 11.7. The molecule has 0 aromatic heterocycles. The molecule has 1 aliphatic heterocycles. The molecule has 0 spiro atoms. The van der Waals surface area contributed by atoms with Crippen LogP contribution in [0.2, 0.25) is 0 Å². The summed E-state index contributed by atoms with van der Waals surface area (Å²) >= 11 is 0. The quantitative estimate of drug-likeness (QED) is 0.381. The second-order valence-electron chi connectivity index (χ2n) is 5.07. The summed E-state index contributed by atoms with van der Waals surface area (Å²) in [6, 6.07) is 6.92. The van der Waals surface area contributed by atoms with Crippen LogP contribution < -0.4 is 10.5 Å². The second kappa shape index (κ2) is 7.52. The molecule has 1 heterocycles. The highest BCUT2D eigenvalue weighted by Crippen LogP contribution is 2.18. The van der Waals surface area contributed by atoms with Crippen LogP contribution in [0.1, 0.15) is 31.2 Å². The van der Waals surface area contributed by atoms with Gasteiger partial charge in [-0.15, -0.1) is 0 Å². The summed E-state index contributed by atoms with van der Waals surface area (Å²) < 4.78 is 5.55. The molecule has 6 heteroatoms. The van der Waals surface area contributed by atoms with Crippen LogP contribution in [0.5, 0.6) is 5.75 Å². The van der Waals surface area contributed by atoms with E-state index in [4.69, 9.17) is 15.7 Å². The normalized spacial score (nSPS) is 16.4. The molecule has 0 atom stereocenters. The van der Waals surface area contributed by atoms with Crippen LogP contribution in [0.4, 0.5) is 0 Å². The molecule has 0 radical (unpaired) electrons. The maximum atomic E-state index is 12.2. The lowest BCUT2D eigenvalue weighted by molar-refractivity contribution is -0.133. The van der Waals surface area contributed by atoms with Crippen LogP contribution in [0.3, 0.4) is 0 Å². The third-order valence-corrected chi connectivity index (χ3v) is 3.58. The molecule has 1 aromatic rings. The highest BCUT2D eigenvalue weighted by atomic mass is 16.5. The number of benzene rings is 1. The third kappa shape index (κ3) is 4.11. The molecule has 1 aliphatic rings. The molecule has 1 fully saturated rings. The van der Waals surface area contributed by atoms with Gasteiger partial charge in [0.25, 0.3) is 5.91 Å². The van der Waals surface area contributed by atoms with Gasteiger partial charge in [0.15, 0.2) is 12.4 Å². The van der Waals surface area contributed by atoms with Crippen LogP contribution in [0, 0.1) is 0 Å². The fourth-order valence-electron chi connectivity index (χ4n) is 2.41. The van der Waals surface area contributed by atoms with E-state index >= 15 is 0 Å². The van der Waals surface area contributed by atoms with E-state index in [1.807, 2.05) is 4.90 Å². The molecule has 6 nitrogen and oxygen atoms in total. The van der Waals surface area contributed by atoms with E-state index in [0.29, 0.717) is 11.3 Å². The van der Waals surface area contributed by atoms with Gasteiger partial charge in [-0.25, -0.2) is 0 Å². The van der Waals surface area contributed by atoms with Gasteiger partial charge in [0.2, 0.25) is 0 Å². The highest BCUT2D eigenvalue weighted by molar-refractivity contribution is 5.99. The molecule has 1 amide bonds. The van der Waals surface area contributed by atoms with Gasteiger partial charge in [0, 0.05) is 13.1 Å². The van der Waals surface area contributed by atoms with Gasteiger partial charge >= 0.3 is 0 Å². The number of amidine groups is 1. The number of hydrogen-bond acceptors (Lipinski definition) is 4. The Bertz CT molecular complexity index is 509. The Balaban J connectivity index is 1.98. The molecule has 1 saturated heterocycles. The largest absolute Gasteiger partial charge is 0.483 e. The van der Waals surface area contributed by atoms with Gasteiger partial charge in [0.1, 0.15) is 5.75 Å². The van der Waals surface area contributed by atoms with E-state index in [2.05, 4.69) is 5.16 Å². The van der Waals surface area contributed by atoms with Crippen LogP contribution >= 0.6 is 0 Å². The molecule has 1 aromatic carbocycles. The van der Waals surface area contributed by atoms with Gasteiger partial charge in [0.05, 0.1) is 5.56 Å². The summed E-state index contributed by atoms with van der Waals surface area (Å²) in [5.41, 5.74) is 6.07. The monoisotopic (exact) mass is 291 g/mol. The van der Waals surface area contributed by atoms with Gasteiger partial charge in [-0.2, -0.15) is 0 Å². The average Bonchev–Trinajstić information content (AvgIpc) is 2.81. The first-order valence-electron chi connectivity index (χ1n) is 7.20. The maximum Gasteiger partial charge on any atom is 0.260 e. The standard InChI is InChI=1S/C15H21N3O3/c16-15(17-20)12-7-3-4-8-13(12)21-11-14(19)18-9-5-1-2-6-10-18/h3-4,7-8,20H,1-2,5-6,9-11H2,(H2,16,17). The number of nitrogens with two attached hydrogens (primary N) is 1. The first kappa shape index (κ1) is 15.2. The van der Waals surface area contributed by atoms with E-state index in [9.17, 15) is 4.79 Å². The summed E-state index contributed by atoms with van der Waals surface area (Å²) in [6.45, 7) is 1.56. The fraction of sp³-hybridized carbons (Fsp3) is 0.467. The minimum atomic E-state index is -0.0344. The van der Waals surface area contributed by atoms with Crippen LogP contribution in [-0.4, -0.2) is 41.5 Å². The van der Waals surface area contributed by atoms with Crippen molar-refractivity contribution in [3.63, 3.8) is 0 Å². The lowest BCUT2D eigenvalue weighted by Gasteiger charge is -2.20. The van der Waals surface area contributed by atoms with Crippen LogP contribution in [0.15, 0.2) is 29.4 Å². The Kier molecular flexibility index (Phi) is 5.43. The minimum Gasteiger partial charge on any atom is -0.483 e. The molecule has 21 heavy (non-hydrogen) atoms. The number of rotatable bonds is 4. The van der Waals surface area contributed by atoms with Crippen molar-refractivity contribution in [2.75, 3.05) is 19.7 Å². The smallest absolute Gasteiger partial charge is 0.260 e. The zero-order valence-corrected chi connectivity index (χ0v) is 12.0. The molecule has 0 bridgehead atoms. The van der Waals surface area contributed by atoms with Crippen molar-refractivity contribution in [2.45, 2.75) is 25.7 Å². The Morgan fingerprint density at radius 1 is 1.24 bits per heavy atom. The zero-order chi connectivity index (χ0) is 15.1. The fourth-order valence-corrected chi connectivity index (χ4v) is 2.41. The molecular weight excluding hydrogens is 270 g/mol. The molecule has 0 saturated carbocycles. The van der Waals surface area contributed by atoms with E-state index in [1.165, 1.54) is 12.8 Å². The first-order chi connectivity index (χ1) is 10.2. The Hall–Kier alpha value is -2.24. The van der Waals surface area contributed by atoms with Gasteiger partial charge < -0.3 is 20.6 Å². The van der Waals surface area contributed by atoms with Crippen molar-refractivity contribution in [2.24, 2.45) is 10.9 Å². The Morgan fingerprint density at radius 2 is 1.90 bits per heavy atom. The van der Waals surface area contributed by atoms with Crippen LogP contribution in [0.25, 0.3) is 0 Å². The summed E-state index contributed by atoms with van der Waals surface area (Å²) in [7, 11) is 0. The third-order valence-electron chi connectivity index (χ3n) is 3.58. The van der Waals surface area contributed by atoms with Gasteiger partial charge in [-0.3, -0.25) is 4.79 Å². The number of likely N-dealkylation sites (tertiary alicyclic amines) is 1. The number of carbonyl (C=O) groups is 1. The zero-order valence-electron chi connectivity index (χ0n) is 12.0. The van der Waals surface area contributed by atoms with Crippen molar-refractivity contribution in [1.82, 2.24) is 4.90 Å². The van der Waals surface area contributed by atoms with Crippen molar-refractivity contribution in [3.05, 3.63) is 29.8 Å². The molecule has 3 N–H and O–H groups in total.